The van der Waals surface area contributed by atoms with Gasteiger partial charge in [0.15, 0.2) is 8.68 Å². The van der Waals surface area contributed by atoms with Crippen LogP contribution in [0.25, 0.3) is 0 Å². The van der Waals surface area contributed by atoms with Crippen molar-refractivity contribution in [3.8, 4) is 0 Å². The molecule has 1 N–H and O–H groups in total. The molecule has 1 atom stereocenters. The molecule has 4 nitrogen and oxygen atoms in total. The summed E-state index contributed by atoms with van der Waals surface area (Å²) in [5, 5.41) is 0. The fraction of sp³-hybridized carbons (Fsp3) is 0.700. The van der Waals surface area contributed by atoms with Gasteiger partial charge >= 0.3 is 0 Å². The summed E-state index contributed by atoms with van der Waals surface area (Å²) in [6, 6.07) is -0.0803. The second-order valence-corrected chi connectivity index (χ2v) is 7.98. The SMILES string of the molecule is CC(C)CCC(C)NS(=O)(=O)c1cnc(Cl)s1. The molecule has 0 aromatic carbocycles. The Morgan fingerprint density at radius 3 is 2.53 bits per heavy atom. The van der Waals surface area contributed by atoms with Gasteiger partial charge in [0, 0.05) is 6.04 Å². The first-order valence-corrected chi connectivity index (χ1v) is 8.12. The number of aromatic nitrogens is 1. The third-order valence-corrected chi connectivity index (χ3v) is 5.42. The molecule has 0 aliphatic heterocycles. The van der Waals surface area contributed by atoms with Gasteiger partial charge in [0.05, 0.1) is 6.20 Å². The van der Waals surface area contributed by atoms with E-state index in [1.165, 1.54) is 6.20 Å². The lowest BCUT2D eigenvalue weighted by Crippen LogP contribution is -2.32. The van der Waals surface area contributed by atoms with Crippen LogP contribution in [0.5, 0.6) is 0 Å². The molecular weight excluding hydrogens is 280 g/mol. The van der Waals surface area contributed by atoms with E-state index in [0.717, 1.165) is 24.2 Å². The van der Waals surface area contributed by atoms with Crippen molar-refractivity contribution >= 4 is 33.0 Å². The summed E-state index contributed by atoms with van der Waals surface area (Å²) in [5.74, 6) is 0.569. The summed E-state index contributed by atoms with van der Waals surface area (Å²) >= 11 is 6.59. The van der Waals surface area contributed by atoms with Crippen LogP contribution in [0, 0.1) is 5.92 Å². The number of thiazole rings is 1. The van der Waals surface area contributed by atoms with Gasteiger partial charge in [-0.1, -0.05) is 36.8 Å². The Morgan fingerprint density at radius 2 is 2.06 bits per heavy atom. The minimum absolute atomic E-state index is 0.0803. The zero-order chi connectivity index (χ0) is 13.1. The molecule has 1 heterocycles. The zero-order valence-electron chi connectivity index (χ0n) is 10.1. The summed E-state index contributed by atoms with van der Waals surface area (Å²) in [6.07, 6.45) is 3.10. The lowest BCUT2D eigenvalue weighted by molar-refractivity contribution is 0.486. The topological polar surface area (TPSA) is 59.1 Å². The van der Waals surface area contributed by atoms with Gasteiger partial charge in [0.2, 0.25) is 0 Å². The van der Waals surface area contributed by atoms with Crippen LogP contribution in [0.2, 0.25) is 4.47 Å². The number of nitrogens with one attached hydrogen (secondary N) is 1. The molecule has 0 aliphatic carbocycles. The molecule has 0 bridgehead atoms. The Kier molecular flexibility index (Phi) is 5.37. The molecule has 1 rings (SSSR count). The number of nitrogens with zero attached hydrogens (tertiary/aromatic N) is 1. The van der Waals surface area contributed by atoms with Crippen LogP contribution in [-0.2, 0) is 10.0 Å². The normalized spacial score (nSPS) is 14.2. The third kappa shape index (κ3) is 4.91. The molecule has 0 radical (unpaired) electrons. The molecule has 1 aromatic rings. The molecule has 0 spiro atoms. The zero-order valence-corrected chi connectivity index (χ0v) is 12.5. The second-order valence-electron chi connectivity index (χ2n) is 4.43. The van der Waals surface area contributed by atoms with Gasteiger partial charge < -0.3 is 0 Å². The molecule has 0 aliphatic rings. The monoisotopic (exact) mass is 296 g/mol. The largest absolute Gasteiger partial charge is 0.251 e. The van der Waals surface area contributed by atoms with Crippen LogP contribution in [0.15, 0.2) is 10.4 Å². The maximum atomic E-state index is 11.9. The summed E-state index contributed by atoms with van der Waals surface area (Å²) in [4.78, 5) is 3.73. The summed E-state index contributed by atoms with van der Waals surface area (Å²) in [7, 11) is -3.47. The molecular formula is C10H17ClN2O2S2. The van der Waals surface area contributed by atoms with E-state index in [0.29, 0.717) is 5.92 Å². The highest BCUT2D eigenvalue weighted by atomic mass is 35.5. The first kappa shape index (κ1) is 14.9. The first-order valence-electron chi connectivity index (χ1n) is 5.45. The van der Waals surface area contributed by atoms with Gasteiger partial charge in [-0.2, -0.15) is 0 Å². The fourth-order valence-electron chi connectivity index (χ4n) is 1.33. The Morgan fingerprint density at radius 1 is 1.41 bits per heavy atom. The van der Waals surface area contributed by atoms with E-state index >= 15 is 0 Å². The summed E-state index contributed by atoms with van der Waals surface area (Å²) < 4.78 is 26.8. The number of halogens is 1. The molecule has 17 heavy (non-hydrogen) atoms. The Hall–Kier alpha value is -0.170. The molecule has 0 saturated carbocycles. The van der Waals surface area contributed by atoms with Crippen LogP contribution < -0.4 is 4.72 Å². The molecule has 98 valence electrons. The molecule has 0 fully saturated rings. The minimum atomic E-state index is -3.47. The van der Waals surface area contributed by atoms with Gasteiger partial charge in [-0.25, -0.2) is 18.1 Å². The van der Waals surface area contributed by atoms with Gasteiger partial charge in [0.25, 0.3) is 10.0 Å². The highest BCUT2D eigenvalue weighted by Crippen LogP contribution is 2.22. The Labute approximate surface area is 111 Å². The highest BCUT2D eigenvalue weighted by molar-refractivity contribution is 7.91. The van der Waals surface area contributed by atoms with Crippen LogP contribution in [0.1, 0.15) is 33.6 Å². The van der Waals surface area contributed by atoms with E-state index < -0.39 is 10.0 Å². The van der Waals surface area contributed by atoms with Crippen molar-refractivity contribution in [3.63, 3.8) is 0 Å². The lowest BCUT2D eigenvalue weighted by Gasteiger charge is -2.14. The van der Waals surface area contributed by atoms with Gasteiger partial charge in [0.1, 0.15) is 0 Å². The Bertz CT molecular complexity index is 457. The van der Waals surface area contributed by atoms with E-state index in [9.17, 15) is 8.42 Å². The molecule has 1 unspecified atom stereocenters. The predicted octanol–water partition coefficient (Wildman–Crippen LogP) is 2.90. The number of hydrogen-bond donors (Lipinski definition) is 1. The number of rotatable bonds is 6. The lowest BCUT2D eigenvalue weighted by atomic mass is 10.1. The predicted molar refractivity (Wildman–Crippen MR) is 71.0 cm³/mol. The van der Waals surface area contributed by atoms with Crippen molar-refractivity contribution in [3.05, 3.63) is 10.7 Å². The highest BCUT2D eigenvalue weighted by Gasteiger charge is 2.20. The number of sulfonamides is 1. The smallest absolute Gasteiger partial charge is 0.232 e. The average Bonchev–Trinajstić information content (AvgIpc) is 2.62. The van der Waals surface area contributed by atoms with Crippen LogP contribution in [0.4, 0.5) is 0 Å². The van der Waals surface area contributed by atoms with Gasteiger partial charge in [-0.15, -0.1) is 0 Å². The van der Waals surface area contributed by atoms with Crippen LogP contribution in [-0.4, -0.2) is 19.4 Å². The van der Waals surface area contributed by atoms with Crippen molar-refractivity contribution < 1.29 is 8.42 Å². The van der Waals surface area contributed by atoms with Crippen molar-refractivity contribution in [2.45, 2.75) is 43.9 Å². The third-order valence-electron chi connectivity index (χ3n) is 2.25. The Balaban J connectivity index is 2.61. The minimum Gasteiger partial charge on any atom is -0.232 e. The standard InChI is InChI=1S/C10H17ClN2O2S2/c1-7(2)4-5-8(3)13-17(14,15)9-6-12-10(11)16-9/h6-8,13H,4-5H2,1-3H3. The van der Waals surface area contributed by atoms with Crippen LogP contribution >= 0.6 is 22.9 Å². The van der Waals surface area contributed by atoms with E-state index in [4.69, 9.17) is 11.6 Å². The van der Waals surface area contributed by atoms with Crippen molar-refractivity contribution in [2.75, 3.05) is 0 Å². The number of hydrogen-bond acceptors (Lipinski definition) is 4. The summed E-state index contributed by atoms with van der Waals surface area (Å²) in [5.41, 5.74) is 0. The van der Waals surface area contributed by atoms with Crippen molar-refractivity contribution in [1.82, 2.24) is 9.71 Å². The maximum Gasteiger partial charge on any atom is 0.251 e. The first-order chi connectivity index (χ1) is 7.81. The molecule has 1 aromatic heterocycles. The van der Waals surface area contributed by atoms with Crippen molar-refractivity contribution in [1.29, 1.82) is 0 Å². The quantitative estimate of drug-likeness (QED) is 0.878. The average molecular weight is 297 g/mol. The summed E-state index contributed by atoms with van der Waals surface area (Å²) in [6.45, 7) is 6.09. The fourth-order valence-corrected chi connectivity index (χ4v) is 3.92. The van der Waals surface area contributed by atoms with Gasteiger partial charge in [-0.3, -0.25) is 0 Å². The second kappa shape index (κ2) is 6.13. The molecule has 7 heteroatoms. The van der Waals surface area contributed by atoms with E-state index in [1.54, 1.807) is 0 Å². The van der Waals surface area contributed by atoms with E-state index in [-0.39, 0.29) is 14.7 Å². The molecule has 0 amide bonds. The maximum absolute atomic E-state index is 11.9. The molecule has 0 saturated heterocycles. The van der Waals surface area contributed by atoms with Crippen molar-refractivity contribution in [2.24, 2.45) is 5.92 Å². The van der Waals surface area contributed by atoms with E-state index in [2.05, 4.69) is 23.6 Å². The van der Waals surface area contributed by atoms with Crippen LogP contribution in [0.3, 0.4) is 0 Å². The van der Waals surface area contributed by atoms with E-state index in [1.807, 2.05) is 6.92 Å². The van der Waals surface area contributed by atoms with Gasteiger partial charge in [-0.05, 0) is 25.7 Å².